The minimum absolute atomic E-state index is 0.0759. The number of carbonyl (C=O) groups is 1. The van der Waals surface area contributed by atoms with E-state index in [0.29, 0.717) is 18.3 Å². The Labute approximate surface area is 109 Å². The predicted molar refractivity (Wildman–Crippen MR) is 72.7 cm³/mol. The monoisotopic (exact) mass is 243 g/mol. The van der Waals surface area contributed by atoms with Gasteiger partial charge in [0.25, 0.3) is 0 Å². The lowest BCUT2D eigenvalue weighted by Crippen LogP contribution is -2.26. The maximum atomic E-state index is 12.4. The summed E-state index contributed by atoms with van der Waals surface area (Å²) in [6.45, 7) is 0. The molecule has 0 radical (unpaired) electrons. The molecule has 0 saturated heterocycles. The first-order chi connectivity index (χ1) is 8.75. The third-order valence-electron chi connectivity index (χ3n) is 4.45. The Morgan fingerprint density at radius 1 is 1.22 bits per heavy atom. The van der Waals surface area contributed by atoms with Gasteiger partial charge >= 0.3 is 0 Å². The Hall–Kier alpha value is -1.15. The number of hydrogen-bond donors (Lipinski definition) is 1. The van der Waals surface area contributed by atoms with E-state index in [1.165, 1.54) is 37.7 Å². The maximum absolute atomic E-state index is 12.4. The molecule has 2 nitrogen and oxygen atoms in total. The van der Waals surface area contributed by atoms with E-state index in [4.69, 9.17) is 5.73 Å². The molecule has 0 aromatic heterocycles. The second kappa shape index (κ2) is 4.85. The largest absolute Gasteiger partial charge is 0.327 e. The van der Waals surface area contributed by atoms with Crippen LogP contribution in [0, 0.1) is 5.92 Å². The van der Waals surface area contributed by atoms with Crippen molar-refractivity contribution in [3.63, 3.8) is 0 Å². The van der Waals surface area contributed by atoms with E-state index in [1.54, 1.807) is 0 Å². The zero-order chi connectivity index (χ0) is 12.5. The molecule has 1 aromatic carbocycles. The lowest BCUT2D eigenvalue weighted by molar-refractivity contribution is 0.0969. The number of benzene rings is 1. The van der Waals surface area contributed by atoms with Crippen LogP contribution in [0.25, 0.3) is 0 Å². The van der Waals surface area contributed by atoms with Crippen molar-refractivity contribution in [2.45, 2.75) is 50.5 Å². The number of nitrogens with two attached hydrogens (primary N) is 1. The first-order valence-corrected chi connectivity index (χ1v) is 7.13. The molecule has 2 fully saturated rings. The van der Waals surface area contributed by atoms with Gasteiger partial charge < -0.3 is 5.73 Å². The van der Waals surface area contributed by atoms with Crippen molar-refractivity contribution < 1.29 is 4.79 Å². The van der Waals surface area contributed by atoms with Crippen LogP contribution in [-0.4, -0.2) is 11.8 Å². The zero-order valence-electron chi connectivity index (χ0n) is 10.8. The molecule has 2 aliphatic carbocycles. The summed E-state index contributed by atoms with van der Waals surface area (Å²) in [6.07, 6.45) is 6.71. The van der Waals surface area contributed by atoms with Crippen molar-refractivity contribution in [2.24, 2.45) is 11.7 Å². The van der Waals surface area contributed by atoms with E-state index in [1.807, 2.05) is 18.2 Å². The number of rotatable bonds is 5. The first-order valence-electron chi connectivity index (χ1n) is 7.13. The molecular formula is C16H21NO. The minimum atomic E-state index is 0.0759. The summed E-state index contributed by atoms with van der Waals surface area (Å²) in [5, 5.41) is 0. The molecule has 1 unspecified atom stereocenters. The summed E-state index contributed by atoms with van der Waals surface area (Å²) >= 11 is 0. The van der Waals surface area contributed by atoms with Gasteiger partial charge in [-0.1, -0.05) is 30.7 Å². The van der Waals surface area contributed by atoms with Crippen molar-refractivity contribution in [1.82, 2.24) is 0 Å². The smallest absolute Gasteiger partial charge is 0.164 e. The molecular weight excluding hydrogens is 222 g/mol. The maximum Gasteiger partial charge on any atom is 0.164 e. The van der Waals surface area contributed by atoms with Gasteiger partial charge in [-0.25, -0.2) is 0 Å². The van der Waals surface area contributed by atoms with E-state index >= 15 is 0 Å². The van der Waals surface area contributed by atoms with E-state index in [9.17, 15) is 4.79 Å². The van der Waals surface area contributed by atoms with E-state index < -0.39 is 0 Å². The molecule has 2 saturated carbocycles. The van der Waals surface area contributed by atoms with Crippen molar-refractivity contribution in [3.8, 4) is 0 Å². The number of hydrogen-bond acceptors (Lipinski definition) is 2. The van der Waals surface area contributed by atoms with Crippen molar-refractivity contribution >= 4 is 5.78 Å². The summed E-state index contributed by atoms with van der Waals surface area (Å²) in [4.78, 5) is 12.4. The van der Waals surface area contributed by atoms with Gasteiger partial charge in [0, 0.05) is 18.0 Å². The van der Waals surface area contributed by atoms with Gasteiger partial charge in [0.2, 0.25) is 0 Å². The van der Waals surface area contributed by atoms with Crippen LogP contribution < -0.4 is 5.73 Å². The molecule has 0 heterocycles. The fourth-order valence-electron chi connectivity index (χ4n) is 2.84. The molecule has 1 aromatic rings. The van der Waals surface area contributed by atoms with Gasteiger partial charge in [0.15, 0.2) is 5.78 Å². The Bertz CT molecular complexity index is 446. The van der Waals surface area contributed by atoms with Crippen LogP contribution in [-0.2, 0) is 0 Å². The molecule has 2 N–H and O–H groups in total. The van der Waals surface area contributed by atoms with E-state index in [-0.39, 0.29) is 11.8 Å². The summed E-state index contributed by atoms with van der Waals surface area (Å²) in [5.74, 6) is 1.46. The highest BCUT2D eigenvalue weighted by molar-refractivity contribution is 5.98. The Morgan fingerprint density at radius 2 is 1.94 bits per heavy atom. The summed E-state index contributed by atoms with van der Waals surface area (Å²) < 4.78 is 0. The van der Waals surface area contributed by atoms with Crippen LogP contribution in [0.15, 0.2) is 24.3 Å². The Balaban J connectivity index is 1.75. The van der Waals surface area contributed by atoms with Crippen molar-refractivity contribution in [3.05, 3.63) is 35.4 Å². The fraction of sp³-hybridized carbons (Fsp3) is 0.562. The van der Waals surface area contributed by atoms with Crippen LogP contribution in [0.4, 0.5) is 0 Å². The highest BCUT2D eigenvalue weighted by Gasteiger charge is 2.31. The van der Waals surface area contributed by atoms with Crippen molar-refractivity contribution in [2.75, 3.05) is 0 Å². The second-order valence-electron chi connectivity index (χ2n) is 5.84. The Morgan fingerprint density at radius 3 is 2.56 bits per heavy atom. The first kappa shape index (κ1) is 11.9. The molecule has 3 rings (SSSR count). The molecule has 0 bridgehead atoms. The highest BCUT2D eigenvalue weighted by atomic mass is 16.1. The van der Waals surface area contributed by atoms with Crippen molar-refractivity contribution in [1.29, 1.82) is 0 Å². The third kappa shape index (κ3) is 2.35. The predicted octanol–water partition coefficient (Wildman–Crippen LogP) is 3.26. The third-order valence-corrected chi connectivity index (χ3v) is 4.45. The average molecular weight is 243 g/mol. The molecule has 0 spiro atoms. The van der Waals surface area contributed by atoms with E-state index in [2.05, 4.69) is 6.07 Å². The highest BCUT2D eigenvalue weighted by Crippen LogP contribution is 2.39. The zero-order valence-corrected chi connectivity index (χ0v) is 10.8. The number of carbonyl (C=O) groups excluding carboxylic acids is 1. The standard InChI is InChI=1S/C16H21NO/c17-15(12-8-9-12)10-16(18)14-7-2-1-6-13(14)11-4-3-5-11/h1-2,6-7,11-12,15H,3-5,8-10,17H2. The van der Waals surface area contributed by atoms with Crippen LogP contribution in [0.3, 0.4) is 0 Å². The minimum Gasteiger partial charge on any atom is -0.327 e. The van der Waals surface area contributed by atoms with Gasteiger partial charge in [-0.05, 0) is 43.1 Å². The average Bonchev–Trinajstić information content (AvgIpc) is 3.11. The van der Waals surface area contributed by atoms with Gasteiger partial charge in [-0.3, -0.25) is 4.79 Å². The molecule has 96 valence electrons. The van der Waals surface area contributed by atoms with Crippen LogP contribution >= 0.6 is 0 Å². The Kier molecular flexibility index (Phi) is 3.21. The molecule has 2 heteroatoms. The van der Waals surface area contributed by atoms with Gasteiger partial charge in [-0.15, -0.1) is 0 Å². The van der Waals surface area contributed by atoms with Crippen LogP contribution in [0.5, 0.6) is 0 Å². The summed E-state index contributed by atoms with van der Waals surface area (Å²) in [7, 11) is 0. The fourth-order valence-corrected chi connectivity index (χ4v) is 2.84. The van der Waals surface area contributed by atoms with Gasteiger partial charge in [0.05, 0.1) is 0 Å². The lowest BCUT2D eigenvalue weighted by Gasteiger charge is -2.27. The van der Waals surface area contributed by atoms with Gasteiger partial charge in [-0.2, -0.15) is 0 Å². The molecule has 0 amide bonds. The summed E-state index contributed by atoms with van der Waals surface area (Å²) in [5.41, 5.74) is 8.26. The molecule has 2 aliphatic rings. The molecule has 1 atom stereocenters. The topological polar surface area (TPSA) is 43.1 Å². The normalized spacial score (nSPS) is 21.4. The van der Waals surface area contributed by atoms with Crippen LogP contribution in [0.2, 0.25) is 0 Å². The summed E-state index contributed by atoms with van der Waals surface area (Å²) in [6, 6.07) is 8.20. The second-order valence-corrected chi connectivity index (χ2v) is 5.84. The number of ketones is 1. The quantitative estimate of drug-likeness (QED) is 0.807. The van der Waals surface area contributed by atoms with Crippen LogP contribution in [0.1, 0.15) is 60.4 Å². The van der Waals surface area contributed by atoms with E-state index in [0.717, 1.165) is 5.56 Å². The molecule has 18 heavy (non-hydrogen) atoms. The number of Topliss-reactive ketones (excluding diaryl/α,β-unsaturated/α-hetero) is 1. The SMILES string of the molecule is NC(CC(=O)c1ccccc1C1CCC1)C1CC1. The molecule has 0 aliphatic heterocycles. The van der Waals surface area contributed by atoms with Gasteiger partial charge in [0.1, 0.15) is 0 Å². The lowest BCUT2D eigenvalue weighted by atomic mass is 9.77.